The van der Waals surface area contributed by atoms with Gasteiger partial charge in [0.1, 0.15) is 5.75 Å². The number of nitrogens with zero attached hydrogens (tertiary/aromatic N) is 2. The monoisotopic (exact) mass is 332 g/mol. The van der Waals surface area contributed by atoms with Crippen molar-refractivity contribution in [2.75, 3.05) is 31.6 Å². The molecule has 6 heteroatoms. The van der Waals surface area contributed by atoms with E-state index in [1.165, 1.54) is 0 Å². The maximum atomic E-state index is 12.4. The Bertz CT molecular complexity index is 613. The summed E-state index contributed by atoms with van der Waals surface area (Å²) < 4.78 is 11.2. The summed E-state index contributed by atoms with van der Waals surface area (Å²) in [7, 11) is 1.79. The smallest absolute Gasteiger partial charge is 0.267 e. The minimum absolute atomic E-state index is 0.0231. The minimum atomic E-state index is -0.528. The maximum Gasteiger partial charge on any atom is 0.267 e. The molecule has 0 unspecified atom stereocenters. The lowest BCUT2D eigenvalue weighted by Crippen LogP contribution is -2.46. The van der Waals surface area contributed by atoms with Gasteiger partial charge in [-0.25, -0.2) is 0 Å². The fraction of sp³-hybridized carbons (Fsp3) is 0.556. The number of anilines is 1. The van der Waals surface area contributed by atoms with E-state index >= 15 is 0 Å². The molecule has 2 amide bonds. The molecule has 0 radical (unpaired) electrons. The number of para-hydroxylation sites is 2. The van der Waals surface area contributed by atoms with Crippen molar-refractivity contribution in [3.63, 3.8) is 0 Å². The second-order valence-corrected chi connectivity index (χ2v) is 6.38. The molecule has 0 saturated carbocycles. The van der Waals surface area contributed by atoms with Crippen LogP contribution >= 0.6 is 0 Å². The van der Waals surface area contributed by atoms with Crippen LogP contribution in [0.5, 0.6) is 5.75 Å². The zero-order valence-corrected chi connectivity index (χ0v) is 14.2. The Morgan fingerprint density at radius 3 is 2.92 bits per heavy atom. The van der Waals surface area contributed by atoms with E-state index in [0.29, 0.717) is 18.8 Å². The van der Waals surface area contributed by atoms with Gasteiger partial charge in [-0.2, -0.15) is 0 Å². The van der Waals surface area contributed by atoms with Crippen LogP contribution in [0.1, 0.15) is 26.2 Å². The number of fused-ring (bicyclic) bond motifs is 1. The first-order valence-corrected chi connectivity index (χ1v) is 8.49. The van der Waals surface area contributed by atoms with Crippen LogP contribution in [0.2, 0.25) is 0 Å². The Hall–Kier alpha value is -2.08. The van der Waals surface area contributed by atoms with Gasteiger partial charge < -0.3 is 19.3 Å². The molecule has 24 heavy (non-hydrogen) atoms. The molecule has 0 N–H and O–H groups in total. The van der Waals surface area contributed by atoms with Gasteiger partial charge in [-0.1, -0.05) is 12.1 Å². The van der Waals surface area contributed by atoms with Gasteiger partial charge in [0.25, 0.3) is 5.91 Å². The standard InChI is InChI=1S/C18H24N2O4/c1-13-18(22)20(15-7-3-4-8-16(15)24-13)10-9-17(21)19(2)12-14-6-5-11-23-14/h3-4,7-8,13-14H,5-6,9-12H2,1-2H3/t13-,14+/m0/s1. The van der Waals surface area contributed by atoms with Gasteiger partial charge in [0.05, 0.1) is 11.8 Å². The lowest BCUT2D eigenvalue weighted by molar-refractivity contribution is -0.131. The summed E-state index contributed by atoms with van der Waals surface area (Å²) in [6.45, 7) is 3.49. The number of likely N-dealkylation sites (N-methyl/N-ethyl adjacent to an activating group) is 1. The molecule has 1 fully saturated rings. The molecule has 0 spiro atoms. The number of benzene rings is 1. The molecule has 6 nitrogen and oxygen atoms in total. The number of hydrogen-bond donors (Lipinski definition) is 0. The molecule has 0 aliphatic carbocycles. The Kier molecular flexibility index (Phi) is 5.04. The lowest BCUT2D eigenvalue weighted by atomic mass is 10.1. The van der Waals surface area contributed by atoms with Crippen LogP contribution in [-0.4, -0.2) is 55.7 Å². The average molecular weight is 332 g/mol. The van der Waals surface area contributed by atoms with Crippen LogP contribution in [-0.2, 0) is 14.3 Å². The second-order valence-electron chi connectivity index (χ2n) is 6.38. The fourth-order valence-corrected chi connectivity index (χ4v) is 3.18. The molecule has 130 valence electrons. The van der Waals surface area contributed by atoms with E-state index in [1.807, 2.05) is 24.3 Å². The van der Waals surface area contributed by atoms with Gasteiger partial charge in [-0.3, -0.25) is 9.59 Å². The van der Waals surface area contributed by atoms with Crippen LogP contribution in [0.4, 0.5) is 5.69 Å². The van der Waals surface area contributed by atoms with E-state index in [9.17, 15) is 9.59 Å². The largest absolute Gasteiger partial charge is 0.479 e. The molecule has 2 aliphatic rings. The lowest BCUT2D eigenvalue weighted by Gasteiger charge is -2.33. The van der Waals surface area contributed by atoms with Gasteiger partial charge in [-0.05, 0) is 31.9 Å². The van der Waals surface area contributed by atoms with E-state index in [2.05, 4.69) is 0 Å². The van der Waals surface area contributed by atoms with Crippen LogP contribution < -0.4 is 9.64 Å². The summed E-state index contributed by atoms with van der Waals surface area (Å²) in [5, 5.41) is 0. The summed E-state index contributed by atoms with van der Waals surface area (Å²) in [5.74, 6) is 0.600. The van der Waals surface area contributed by atoms with E-state index in [0.717, 1.165) is 25.1 Å². The van der Waals surface area contributed by atoms with Crippen molar-refractivity contribution in [3.8, 4) is 5.75 Å². The van der Waals surface area contributed by atoms with Gasteiger partial charge in [0.15, 0.2) is 6.10 Å². The SMILES string of the molecule is C[C@@H]1Oc2ccccc2N(CCC(=O)N(C)C[C@H]2CCCO2)C1=O. The van der Waals surface area contributed by atoms with Gasteiger partial charge in [0.2, 0.25) is 5.91 Å². The molecule has 1 saturated heterocycles. The zero-order valence-electron chi connectivity index (χ0n) is 14.2. The van der Waals surface area contributed by atoms with Crippen LogP contribution in [0.3, 0.4) is 0 Å². The quantitative estimate of drug-likeness (QED) is 0.825. The average Bonchev–Trinajstić information content (AvgIpc) is 3.08. The van der Waals surface area contributed by atoms with Crippen molar-refractivity contribution in [1.29, 1.82) is 0 Å². The first-order valence-electron chi connectivity index (χ1n) is 8.49. The molecule has 0 bridgehead atoms. The third-order valence-electron chi connectivity index (χ3n) is 4.55. The van der Waals surface area contributed by atoms with Gasteiger partial charge in [-0.15, -0.1) is 0 Å². The second kappa shape index (κ2) is 7.21. The Labute approximate surface area is 142 Å². The predicted octanol–water partition coefficient (Wildman–Crippen LogP) is 1.83. The third kappa shape index (κ3) is 3.53. The maximum absolute atomic E-state index is 12.4. The van der Waals surface area contributed by atoms with Gasteiger partial charge >= 0.3 is 0 Å². The minimum Gasteiger partial charge on any atom is -0.479 e. The van der Waals surface area contributed by atoms with Crippen molar-refractivity contribution >= 4 is 17.5 Å². The topological polar surface area (TPSA) is 59.1 Å². The number of ether oxygens (including phenoxy) is 2. The molecule has 2 atom stereocenters. The molecular formula is C18H24N2O4. The first-order chi connectivity index (χ1) is 11.6. The summed E-state index contributed by atoms with van der Waals surface area (Å²) >= 11 is 0. The summed E-state index contributed by atoms with van der Waals surface area (Å²) in [6.07, 6.45) is 1.97. The molecule has 2 heterocycles. The molecule has 1 aromatic rings. The van der Waals surface area contributed by atoms with Crippen LogP contribution in [0, 0.1) is 0 Å². The molecule has 1 aromatic carbocycles. The molecule has 2 aliphatic heterocycles. The summed E-state index contributed by atoms with van der Waals surface area (Å²) in [6, 6.07) is 7.43. The van der Waals surface area contributed by atoms with Gasteiger partial charge in [0, 0.05) is 33.2 Å². The van der Waals surface area contributed by atoms with E-state index in [1.54, 1.807) is 23.8 Å². The Morgan fingerprint density at radius 1 is 1.38 bits per heavy atom. The zero-order chi connectivity index (χ0) is 17.1. The molecule has 0 aromatic heterocycles. The van der Waals surface area contributed by atoms with E-state index < -0.39 is 6.10 Å². The van der Waals surface area contributed by atoms with Crippen molar-refractivity contribution in [1.82, 2.24) is 4.90 Å². The molecular weight excluding hydrogens is 308 g/mol. The highest BCUT2D eigenvalue weighted by atomic mass is 16.5. The number of amides is 2. The predicted molar refractivity (Wildman–Crippen MR) is 90.1 cm³/mol. The Morgan fingerprint density at radius 2 is 2.17 bits per heavy atom. The number of carbonyl (C=O) groups is 2. The van der Waals surface area contributed by atoms with Crippen molar-refractivity contribution in [2.45, 2.75) is 38.4 Å². The van der Waals surface area contributed by atoms with Crippen LogP contribution in [0.15, 0.2) is 24.3 Å². The third-order valence-corrected chi connectivity index (χ3v) is 4.55. The van der Waals surface area contributed by atoms with Crippen molar-refractivity contribution in [2.24, 2.45) is 0 Å². The normalized spacial score (nSPS) is 22.9. The first kappa shape index (κ1) is 16.8. The van der Waals surface area contributed by atoms with E-state index in [4.69, 9.17) is 9.47 Å². The van der Waals surface area contributed by atoms with Crippen molar-refractivity contribution in [3.05, 3.63) is 24.3 Å². The highest BCUT2D eigenvalue weighted by Gasteiger charge is 2.31. The Balaban J connectivity index is 1.60. The molecule has 3 rings (SSSR count). The van der Waals surface area contributed by atoms with Crippen LogP contribution in [0.25, 0.3) is 0 Å². The summed E-state index contributed by atoms with van der Waals surface area (Å²) in [5.41, 5.74) is 0.732. The highest BCUT2D eigenvalue weighted by molar-refractivity contribution is 6.00. The summed E-state index contributed by atoms with van der Waals surface area (Å²) in [4.78, 5) is 28.1. The highest BCUT2D eigenvalue weighted by Crippen LogP contribution is 2.33. The van der Waals surface area contributed by atoms with E-state index in [-0.39, 0.29) is 24.3 Å². The number of rotatable bonds is 5. The van der Waals surface area contributed by atoms with Crippen molar-refractivity contribution < 1.29 is 19.1 Å². The number of carbonyl (C=O) groups excluding carboxylic acids is 2. The fourth-order valence-electron chi connectivity index (χ4n) is 3.18. The number of hydrogen-bond acceptors (Lipinski definition) is 4.